The van der Waals surface area contributed by atoms with Crippen LogP contribution in [0.5, 0.6) is 0 Å². The van der Waals surface area contributed by atoms with Crippen LogP contribution in [0.2, 0.25) is 0 Å². The fraction of sp³-hybridized carbons (Fsp3) is 1.00. The highest BCUT2D eigenvalue weighted by Crippen LogP contribution is 2.09. The van der Waals surface area contributed by atoms with Crippen LogP contribution in [0.3, 0.4) is 0 Å². The van der Waals surface area contributed by atoms with Crippen LogP contribution in [0.4, 0.5) is 0 Å². The molecule has 1 rings (SSSR count). The SMILES string of the molecule is CSCCN1CCCCCC1. The van der Waals surface area contributed by atoms with E-state index in [2.05, 4.69) is 11.2 Å². The fourth-order valence-electron chi connectivity index (χ4n) is 1.58. The molecule has 0 bridgehead atoms. The Labute approximate surface area is 74.5 Å². The van der Waals surface area contributed by atoms with Crippen molar-refractivity contribution in [1.29, 1.82) is 0 Å². The number of hydrogen-bond acceptors (Lipinski definition) is 2. The zero-order chi connectivity index (χ0) is 7.94. The van der Waals surface area contributed by atoms with Crippen LogP contribution in [0, 0.1) is 0 Å². The number of nitrogens with zero attached hydrogens (tertiary/aromatic N) is 1. The average molecular weight is 173 g/mol. The molecule has 0 amide bonds. The van der Waals surface area contributed by atoms with Gasteiger partial charge in [-0.05, 0) is 32.2 Å². The van der Waals surface area contributed by atoms with Gasteiger partial charge in [-0.25, -0.2) is 0 Å². The lowest BCUT2D eigenvalue weighted by molar-refractivity contribution is 0.303. The van der Waals surface area contributed by atoms with Crippen LogP contribution in [0.25, 0.3) is 0 Å². The van der Waals surface area contributed by atoms with Crippen molar-refractivity contribution < 1.29 is 0 Å². The molecule has 0 unspecified atom stereocenters. The molecule has 0 aromatic rings. The van der Waals surface area contributed by atoms with Gasteiger partial charge >= 0.3 is 0 Å². The van der Waals surface area contributed by atoms with Gasteiger partial charge in [0.1, 0.15) is 0 Å². The second-order valence-electron chi connectivity index (χ2n) is 3.25. The van der Waals surface area contributed by atoms with Gasteiger partial charge in [-0.1, -0.05) is 12.8 Å². The number of hydrogen-bond donors (Lipinski definition) is 0. The largest absolute Gasteiger partial charge is 0.303 e. The lowest BCUT2D eigenvalue weighted by Crippen LogP contribution is -2.26. The number of thioether (sulfide) groups is 1. The van der Waals surface area contributed by atoms with Gasteiger partial charge in [0.15, 0.2) is 0 Å². The molecule has 0 spiro atoms. The summed E-state index contributed by atoms with van der Waals surface area (Å²) >= 11 is 1.96. The fourth-order valence-corrected chi connectivity index (χ4v) is 2.02. The Morgan fingerprint density at radius 1 is 1.09 bits per heavy atom. The Morgan fingerprint density at radius 2 is 1.73 bits per heavy atom. The average Bonchev–Trinajstić information content (AvgIpc) is 2.28. The summed E-state index contributed by atoms with van der Waals surface area (Å²) in [7, 11) is 0. The van der Waals surface area contributed by atoms with Crippen molar-refractivity contribution in [3.05, 3.63) is 0 Å². The van der Waals surface area contributed by atoms with Crippen LogP contribution in [-0.2, 0) is 0 Å². The van der Waals surface area contributed by atoms with Crippen LogP contribution in [-0.4, -0.2) is 36.5 Å². The molecule has 0 aromatic heterocycles. The molecule has 1 saturated heterocycles. The van der Waals surface area contributed by atoms with Crippen LogP contribution < -0.4 is 0 Å². The predicted octanol–water partition coefficient (Wildman–Crippen LogP) is 2.23. The van der Waals surface area contributed by atoms with Gasteiger partial charge < -0.3 is 4.90 Å². The zero-order valence-corrected chi connectivity index (χ0v) is 8.33. The molecular weight excluding hydrogens is 154 g/mol. The van der Waals surface area contributed by atoms with E-state index >= 15 is 0 Å². The maximum atomic E-state index is 2.61. The van der Waals surface area contributed by atoms with E-state index in [4.69, 9.17) is 0 Å². The number of likely N-dealkylation sites (tertiary alicyclic amines) is 1. The van der Waals surface area contributed by atoms with E-state index in [1.54, 1.807) is 0 Å². The Bertz CT molecular complexity index is 87.6. The molecule has 0 saturated carbocycles. The van der Waals surface area contributed by atoms with Crippen molar-refractivity contribution in [1.82, 2.24) is 4.90 Å². The van der Waals surface area contributed by atoms with Gasteiger partial charge in [-0.3, -0.25) is 0 Å². The molecule has 0 aromatic carbocycles. The smallest absolute Gasteiger partial charge is 0.00722 e. The van der Waals surface area contributed by atoms with Gasteiger partial charge in [0.05, 0.1) is 0 Å². The molecule has 1 aliphatic rings. The van der Waals surface area contributed by atoms with Crippen molar-refractivity contribution in [2.75, 3.05) is 31.6 Å². The maximum Gasteiger partial charge on any atom is 0.00722 e. The molecule has 0 radical (unpaired) electrons. The zero-order valence-electron chi connectivity index (χ0n) is 7.51. The Hall–Kier alpha value is 0.310. The first-order valence-electron chi connectivity index (χ1n) is 4.65. The summed E-state index contributed by atoms with van der Waals surface area (Å²) in [4.78, 5) is 2.61. The van der Waals surface area contributed by atoms with Gasteiger partial charge in [-0.15, -0.1) is 0 Å². The quantitative estimate of drug-likeness (QED) is 0.644. The van der Waals surface area contributed by atoms with Crippen LogP contribution in [0.1, 0.15) is 25.7 Å². The standard InChI is InChI=1S/C9H19NS/c1-11-9-8-10-6-4-2-3-5-7-10/h2-9H2,1H3. The Balaban J connectivity index is 2.09. The normalized spacial score (nSPS) is 21.5. The van der Waals surface area contributed by atoms with Crippen molar-refractivity contribution >= 4 is 11.8 Å². The molecule has 1 fully saturated rings. The maximum absolute atomic E-state index is 2.61. The van der Waals surface area contributed by atoms with Gasteiger partial charge in [-0.2, -0.15) is 11.8 Å². The van der Waals surface area contributed by atoms with Crippen molar-refractivity contribution in [3.8, 4) is 0 Å². The highest BCUT2D eigenvalue weighted by molar-refractivity contribution is 7.98. The highest BCUT2D eigenvalue weighted by Gasteiger charge is 2.06. The van der Waals surface area contributed by atoms with E-state index < -0.39 is 0 Å². The van der Waals surface area contributed by atoms with Gasteiger partial charge in [0, 0.05) is 12.3 Å². The minimum absolute atomic E-state index is 1.31. The first-order chi connectivity index (χ1) is 5.43. The topological polar surface area (TPSA) is 3.24 Å². The van der Waals surface area contributed by atoms with Gasteiger partial charge in [0.2, 0.25) is 0 Å². The first kappa shape index (κ1) is 9.40. The van der Waals surface area contributed by atoms with E-state index in [-0.39, 0.29) is 0 Å². The van der Waals surface area contributed by atoms with E-state index in [9.17, 15) is 0 Å². The van der Waals surface area contributed by atoms with Crippen molar-refractivity contribution in [2.45, 2.75) is 25.7 Å². The van der Waals surface area contributed by atoms with E-state index in [0.29, 0.717) is 0 Å². The van der Waals surface area contributed by atoms with E-state index in [1.807, 2.05) is 11.8 Å². The molecule has 0 atom stereocenters. The summed E-state index contributed by atoms with van der Waals surface area (Å²) in [6, 6.07) is 0. The summed E-state index contributed by atoms with van der Waals surface area (Å²) in [6.45, 7) is 4.00. The lowest BCUT2D eigenvalue weighted by atomic mass is 10.2. The molecule has 0 aliphatic carbocycles. The summed E-state index contributed by atoms with van der Waals surface area (Å²) in [6.07, 6.45) is 7.95. The Morgan fingerprint density at radius 3 is 2.27 bits per heavy atom. The second-order valence-corrected chi connectivity index (χ2v) is 4.23. The minimum Gasteiger partial charge on any atom is -0.303 e. The Kier molecular flexibility index (Phi) is 5.04. The van der Waals surface area contributed by atoms with Crippen LogP contribution >= 0.6 is 11.8 Å². The third-order valence-corrected chi connectivity index (χ3v) is 2.90. The third-order valence-electron chi connectivity index (χ3n) is 2.31. The molecule has 66 valence electrons. The summed E-state index contributed by atoms with van der Waals surface area (Å²) < 4.78 is 0. The van der Waals surface area contributed by atoms with Crippen molar-refractivity contribution in [2.24, 2.45) is 0 Å². The van der Waals surface area contributed by atoms with E-state index in [1.165, 1.54) is 51.1 Å². The molecule has 1 heterocycles. The molecule has 1 aliphatic heterocycles. The molecule has 1 nitrogen and oxygen atoms in total. The monoisotopic (exact) mass is 173 g/mol. The molecular formula is C9H19NS. The molecule has 11 heavy (non-hydrogen) atoms. The summed E-state index contributed by atoms with van der Waals surface area (Å²) in [5, 5.41) is 0. The van der Waals surface area contributed by atoms with Crippen molar-refractivity contribution in [3.63, 3.8) is 0 Å². The highest BCUT2D eigenvalue weighted by atomic mass is 32.2. The first-order valence-corrected chi connectivity index (χ1v) is 6.04. The second kappa shape index (κ2) is 5.90. The molecule has 0 N–H and O–H groups in total. The summed E-state index contributed by atoms with van der Waals surface area (Å²) in [5.74, 6) is 1.31. The molecule has 2 heteroatoms. The lowest BCUT2D eigenvalue weighted by Gasteiger charge is -2.18. The van der Waals surface area contributed by atoms with Crippen LogP contribution in [0.15, 0.2) is 0 Å². The minimum atomic E-state index is 1.31. The third kappa shape index (κ3) is 4.02. The van der Waals surface area contributed by atoms with Gasteiger partial charge in [0.25, 0.3) is 0 Å². The number of rotatable bonds is 3. The predicted molar refractivity (Wildman–Crippen MR) is 53.3 cm³/mol. The van der Waals surface area contributed by atoms with E-state index in [0.717, 1.165) is 0 Å². The summed E-state index contributed by atoms with van der Waals surface area (Å²) in [5.41, 5.74) is 0.